The van der Waals surface area contributed by atoms with Gasteiger partial charge < -0.3 is 10.2 Å². The molecule has 0 radical (unpaired) electrons. The zero-order valence-electron chi connectivity index (χ0n) is 13.3. The fourth-order valence-corrected chi connectivity index (χ4v) is 3.55. The first-order valence-electron chi connectivity index (χ1n) is 7.93. The van der Waals surface area contributed by atoms with Gasteiger partial charge in [0.15, 0.2) is 5.13 Å². The third-order valence-corrected chi connectivity index (χ3v) is 5.23. The molecule has 8 heteroatoms. The molecule has 0 spiro atoms. The van der Waals surface area contributed by atoms with Crippen molar-refractivity contribution in [2.24, 2.45) is 5.92 Å². The first kappa shape index (κ1) is 18.0. The minimum atomic E-state index is -4.34. The molecule has 130 valence electrons. The zero-order valence-corrected chi connectivity index (χ0v) is 14.1. The molecule has 2 heterocycles. The number of carbonyl (C=O) groups excluding carboxylic acids is 1. The Labute approximate surface area is 138 Å². The highest BCUT2D eigenvalue weighted by molar-refractivity contribution is 7.15. The molecule has 1 amide bonds. The van der Waals surface area contributed by atoms with E-state index in [0.29, 0.717) is 29.6 Å². The minimum absolute atomic E-state index is 0.0630. The van der Waals surface area contributed by atoms with Crippen molar-refractivity contribution in [2.45, 2.75) is 51.7 Å². The van der Waals surface area contributed by atoms with E-state index in [2.05, 4.69) is 10.3 Å². The third-order valence-electron chi connectivity index (χ3n) is 4.25. The molecule has 2 rings (SSSR count). The molecule has 1 aliphatic rings. The van der Waals surface area contributed by atoms with Crippen LogP contribution >= 0.6 is 11.3 Å². The van der Waals surface area contributed by atoms with E-state index in [4.69, 9.17) is 0 Å². The highest BCUT2D eigenvalue weighted by Crippen LogP contribution is 2.35. The van der Waals surface area contributed by atoms with Crippen LogP contribution in [0.1, 0.15) is 44.4 Å². The van der Waals surface area contributed by atoms with Crippen LogP contribution in [0.2, 0.25) is 0 Å². The summed E-state index contributed by atoms with van der Waals surface area (Å²) in [5, 5.41) is 3.35. The summed E-state index contributed by atoms with van der Waals surface area (Å²) in [7, 11) is 0. The fraction of sp³-hybridized carbons (Fsp3) is 0.733. The Morgan fingerprint density at radius 3 is 2.48 bits per heavy atom. The number of nitrogens with zero attached hydrogens (tertiary/aromatic N) is 2. The lowest BCUT2D eigenvalue weighted by atomic mass is 9.98. The van der Waals surface area contributed by atoms with E-state index in [-0.39, 0.29) is 17.9 Å². The fourth-order valence-electron chi connectivity index (χ4n) is 2.79. The molecule has 1 aromatic heterocycles. The number of amides is 1. The van der Waals surface area contributed by atoms with Crippen LogP contribution in [0.15, 0.2) is 6.20 Å². The summed E-state index contributed by atoms with van der Waals surface area (Å²) in [5.41, 5.74) is 0. The van der Waals surface area contributed by atoms with Gasteiger partial charge in [-0.1, -0.05) is 25.2 Å². The highest BCUT2D eigenvalue weighted by Gasteiger charge is 2.34. The van der Waals surface area contributed by atoms with E-state index < -0.39 is 11.1 Å². The summed E-state index contributed by atoms with van der Waals surface area (Å²) in [4.78, 5) is 17.3. The zero-order chi connectivity index (χ0) is 17.0. The van der Waals surface area contributed by atoms with Crippen molar-refractivity contribution in [1.82, 2.24) is 9.88 Å². The lowest BCUT2D eigenvalue weighted by Crippen LogP contribution is -2.44. The van der Waals surface area contributed by atoms with Crippen molar-refractivity contribution >= 4 is 22.4 Å². The van der Waals surface area contributed by atoms with Crippen LogP contribution in [0.4, 0.5) is 18.3 Å². The molecule has 0 bridgehead atoms. The molecule has 0 saturated carbocycles. The maximum Gasteiger partial charge on any atom is 0.427 e. The van der Waals surface area contributed by atoms with E-state index in [1.165, 1.54) is 0 Å². The number of hydrogen-bond acceptors (Lipinski definition) is 4. The van der Waals surface area contributed by atoms with E-state index in [1.54, 1.807) is 0 Å². The van der Waals surface area contributed by atoms with E-state index in [1.807, 2.05) is 18.7 Å². The van der Waals surface area contributed by atoms with Crippen LogP contribution in [0, 0.1) is 5.92 Å². The number of rotatable bonds is 5. The van der Waals surface area contributed by atoms with Gasteiger partial charge in [0.25, 0.3) is 0 Å². The second kappa shape index (κ2) is 7.51. The average Bonchev–Trinajstić information content (AvgIpc) is 2.98. The SMILES string of the molecule is CCC(CC)C(=O)N1CCC(Nc2ncc(C(F)(F)F)s2)CC1. The minimum Gasteiger partial charge on any atom is -0.359 e. The lowest BCUT2D eigenvalue weighted by Gasteiger charge is -2.34. The summed E-state index contributed by atoms with van der Waals surface area (Å²) >= 11 is 0.625. The number of likely N-dealkylation sites (tertiary alicyclic amines) is 1. The number of hydrogen-bond donors (Lipinski definition) is 1. The molecule has 0 atom stereocenters. The Bertz CT molecular complexity index is 520. The average molecular weight is 349 g/mol. The topological polar surface area (TPSA) is 45.2 Å². The smallest absolute Gasteiger partial charge is 0.359 e. The number of piperidine rings is 1. The third kappa shape index (κ3) is 4.59. The first-order chi connectivity index (χ1) is 10.8. The number of nitrogens with one attached hydrogen (secondary N) is 1. The summed E-state index contributed by atoms with van der Waals surface area (Å²) < 4.78 is 37.7. The van der Waals surface area contributed by atoms with Crippen LogP contribution < -0.4 is 5.32 Å². The molecule has 4 nitrogen and oxygen atoms in total. The maximum atomic E-state index is 12.6. The predicted molar refractivity (Wildman–Crippen MR) is 84.4 cm³/mol. The van der Waals surface area contributed by atoms with E-state index >= 15 is 0 Å². The lowest BCUT2D eigenvalue weighted by molar-refractivity contribution is -0.137. The quantitative estimate of drug-likeness (QED) is 0.874. The molecule has 0 aromatic carbocycles. The number of thiazole rings is 1. The molecule has 1 fully saturated rings. The number of carbonyl (C=O) groups is 1. The number of aromatic nitrogens is 1. The van der Waals surface area contributed by atoms with Gasteiger partial charge in [-0.25, -0.2) is 4.98 Å². The van der Waals surface area contributed by atoms with Gasteiger partial charge in [-0.2, -0.15) is 13.2 Å². The van der Waals surface area contributed by atoms with E-state index in [9.17, 15) is 18.0 Å². The highest BCUT2D eigenvalue weighted by atomic mass is 32.1. The molecule has 1 aromatic rings. The van der Waals surface area contributed by atoms with Crippen molar-refractivity contribution < 1.29 is 18.0 Å². The summed E-state index contributed by atoms with van der Waals surface area (Å²) in [6.07, 6.45) is -0.346. The summed E-state index contributed by atoms with van der Waals surface area (Å²) in [5.74, 6) is 0.273. The second-order valence-corrected chi connectivity index (χ2v) is 6.82. The van der Waals surface area contributed by atoms with Gasteiger partial charge in [-0.3, -0.25) is 4.79 Å². The number of alkyl halides is 3. The molecular weight excluding hydrogens is 327 g/mol. The van der Waals surface area contributed by atoms with Gasteiger partial charge in [0.1, 0.15) is 4.88 Å². The van der Waals surface area contributed by atoms with E-state index in [0.717, 1.165) is 31.9 Å². The van der Waals surface area contributed by atoms with Crippen LogP contribution in [0.25, 0.3) is 0 Å². The first-order valence-corrected chi connectivity index (χ1v) is 8.75. The standard InChI is InChI=1S/C15H22F3N3OS/c1-3-10(4-2)13(22)21-7-5-11(6-8-21)20-14-19-9-12(23-14)15(16,17)18/h9-11H,3-8H2,1-2H3,(H,19,20). The van der Waals surface area contributed by atoms with Gasteiger partial charge in [0.2, 0.25) is 5.91 Å². The summed E-state index contributed by atoms with van der Waals surface area (Å²) in [6, 6.07) is 0.0630. The molecular formula is C15H22F3N3OS. The normalized spacial score (nSPS) is 16.9. The van der Waals surface area contributed by atoms with Gasteiger partial charge in [-0.15, -0.1) is 0 Å². The molecule has 0 unspecified atom stereocenters. The van der Waals surface area contributed by atoms with Crippen molar-refractivity contribution in [2.75, 3.05) is 18.4 Å². The Hall–Kier alpha value is -1.31. The molecule has 1 saturated heterocycles. The molecule has 0 aliphatic carbocycles. The van der Waals surface area contributed by atoms with Gasteiger partial charge in [0, 0.05) is 25.0 Å². The Morgan fingerprint density at radius 2 is 2.00 bits per heavy atom. The second-order valence-electron chi connectivity index (χ2n) is 5.78. The van der Waals surface area contributed by atoms with Crippen LogP contribution in [-0.4, -0.2) is 34.9 Å². The molecule has 1 N–H and O–H groups in total. The number of halogens is 3. The van der Waals surface area contributed by atoms with Crippen LogP contribution in [0.5, 0.6) is 0 Å². The summed E-state index contributed by atoms with van der Waals surface area (Å²) in [6.45, 7) is 5.32. The van der Waals surface area contributed by atoms with Crippen molar-refractivity contribution in [3.05, 3.63) is 11.1 Å². The Balaban J connectivity index is 1.85. The van der Waals surface area contributed by atoms with Crippen molar-refractivity contribution in [3.63, 3.8) is 0 Å². The monoisotopic (exact) mass is 349 g/mol. The predicted octanol–water partition coefficient (Wildman–Crippen LogP) is 4.00. The van der Waals surface area contributed by atoms with Gasteiger partial charge in [-0.05, 0) is 25.7 Å². The number of anilines is 1. The Morgan fingerprint density at radius 1 is 1.39 bits per heavy atom. The van der Waals surface area contributed by atoms with Gasteiger partial charge >= 0.3 is 6.18 Å². The van der Waals surface area contributed by atoms with Crippen LogP contribution in [0.3, 0.4) is 0 Å². The molecule has 23 heavy (non-hydrogen) atoms. The largest absolute Gasteiger partial charge is 0.427 e. The van der Waals surface area contributed by atoms with Crippen molar-refractivity contribution in [3.8, 4) is 0 Å². The van der Waals surface area contributed by atoms with Gasteiger partial charge in [0.05, 0.1) is 6.20 Å². The molecule has 1 aliphatic heterocycles. The Kier molecular flexibility index (Phi) is 5.89. The van der Waals surface area contributed by atoms with Crippen molar-refractivity contribution in [1.29, 1.82) is 0 Å². The maximum absolute atomic E-state index is 12.6. The van der Waals surface area contributed by atoms with Crippen LogP contribution in [-0.2, 0) is 11.0 Å².